The Kier molecular flexibility index (Phi) is 6.46. The molecule has 0 bridgehead atoms. The molecular weight excluding hydrogens is 356 g/mol. The Morgan fingerprint density at radius 1 is 0.714 bits per heavy atom. The molecule has 2 aromatic rings. The second-order valence-corrected chi connectivity index (χ2v) is 6.56. The average Bonchev–Trinajstić information content (AvgIpc) is 2.70. The van der Waals surface area contributed by atoms with Gasteiger partial charge in [-0.25, -0.2) is 4.90 Å². The van der Waals surface area contributed by atoms with Crippen LogP contribution in [0.25, 0.3) is 0 Å². The molecule has 2 aromatic carbocycles. The summed E-state index contributed by atoms with van der Waals surface area (Å²) in [6.07, 6.45) is 1.25. The van der Waals surface area contributed by atoms with Crippen LogP contribution in [0.15, 0.2) is 60.7 Å². The molecule has 0 aromatic heterocycles. The highest BCUT2D eigenvalue weighted by Crippen LogP contribution is 2.45. The monoisotopic (exact) mass is 380 g/mol. The highest BCUT2D eigenvalue weighted by atomic mass is 16.2. The van der Waals surface area contributed by atoms with E-state index in [1.807, 2.05) is 18.2 Å². The number of para-hydroxylation sites is 1. The lowest BCUT2D eigenvalue weighted by Crippen LogP contribution is -2.83. The molecule has 6 heteroatoms. The fourth-order valence-electron chi connectivity index (χ4n) is 2.81. The van der Waals surface area contributed by atoms with Gasteiger partial charge in [-0.05, 0) is 19.1 Å². The van der Waals surface area contributed by atoms with Crippen molar-refractivity contribution in [3.63, 3.8) is 0 Å². The predicted octanol–water partition coefficient (Wildman–Crippen LogP) is 2.96. The molecule has 4 amide bonds. The molecule has 0 unspecified atom stereocenters. The van der Waals surface area contributed by atoms with Gasteiger partial charge in [0.2, 0.25) is 0 Å². The highest BCUT2D eigenvalue weighted by molar-refractivity contribution is 6.59. The van der Waals surface area contributed by atoms with Crippen LogP contribution >= 0.6 is 0 Å². The van der Waals surface area contributed by atoms with E-state index in [1.54, 1.807) is 30.3 Å². The SMILES string of the molecule is CCC.CN1C(=O)C2(C1=O)C(=O)N(c1ccccc1)C2=O.Cc1ccccc1. The van der Waals surface area contributed by atoms with E-state index in [-0.39, 0.29) is 0 Å². The van der Waals surface area contributed by atoms with E-state index < -0.39 is 29.0 Å². The van der Waals surface area contributed by atoms with Crippen LogP contribution in [0, 0.1) is 12.3 Å². The van der Waals surface area contributed by atoms with Gasteiger partial charge in [0.25, 0.3) is 29.0 Å². The molecule has 2 heterocycles. The van der Waals surface area contributed by atoms with Crippen LogP contribution in [0.5, 0.6) is 0 Å². The Morgan fingerprint density at radius 2 is 1.11 bits per heavy atom. The van der Waals surface area contributed by atoms with Gasteiger partial charge >= 0.3 is 0 Å². The molecule has 2 fully saturated rings. The molecule has 4 rings (SSSR count). The van der Waals surface area contributed by atoms with E-state index in [4.69, 9.17) is 0 Å². The first-order valence-corrected chi connectivity index (χ1v) is 9.12. The predicted molar refractivity (Wildman–Crippen MR) is 106 cm³/mol. The zero-order valence-corrected chi connectivity index (χ0v) is 16.5. The topological polar surface area (TPSA) is 74.8 Å². The quantitative estimate of drug-likeness (QED) is 0.563. The fourth-order valence-corrected chi connectivity index (χ4v) is 2.81. The first-order chi connectivity index (χ1) is 13.3. The van der Waals surface area contributed by atoms with E-state index in [2.05, 4.69) is 32.9 Å². The number of rotatable bonds is 1. The number of amides is 4. The summed E-state index contributed by atoms with van der Waals surface area (Å²) in [5, 5.41) is 0. The minimum absolute atomic E-state index is 0.369. The van der Waals surface area contributed by atoms with Gasteiger partial charge in [0.15, 0.2) is 0 Å². The second kappa shape index (κ2) is 8.61. The highest BCUT2D eigenvalue weighted by Gasteiger charge is 2.79. The van der Waals surface area contributed by atoms with Crippen molar-refractivity contribution in [2.75, 3.05) is 11.9 Å². The Bertz CT molecular complexity index is 844. The maximum atomic E-state index is 12.0. The summed E-state index contributed by atoms with van der Waals surface area (Å²) in [6, 6.07) is 18.5. The van der Waals surface area contributed by atoms with Crippen LogP contribution in [-0.4, -0.2) is 35.6 Å². The minimum Gasteiger partial charge on any atom is -0.282 e. The molecule has 0 atom stereocenters. The molecule has 0 radical (unpaired) electrons. The van der Waals surface area contributed by atoms with Crippen LogP contribution in [0.4, 0.5) is 5.69 Å². The zero-order valence-electron chi connectivity index (χ0n) is 16.5. The standard InChI is InChI=1S/C12H8N2O4.C7H8.C3H8/c1-13-8(15)12(9(13)16)10(17)14(11(12)18)7-5-3-2-4-6-7;1-7-5-3-2-4-6-7;1-3-2/h2-6H,1H3;2-6H,1H3;3H2,1-2H3. The van der Waals surface area contributed by atoms with Crippen molar-refractivity contribution < 1.29 is 19.2 Å². The van der Waals surface area contributed by atoms with E-state index in [0.29, 0.717) is 5.69 Å². The van der Waals surface area contributed by atoms with Gasteiger partial charge in [0, 0.05) is 7.05 Å². The molecule has 1 spiro atoms. The Labute approximate surface area is 164 Å². The van der Waals surface area contributed by atoms with Gasteiger partial charge in [0.05, 0.1) is 5.69 Å². The largest absolute Gasteiger partial charge is 0.285 e. The number of likely N-dealkylation sites (tertiary alicyclic amines) is 1. The smallest absolute Gasteiger partial charge is 0.282 e. The summed E-state index contributed by atoms with van der Waals surface area (Å²) in [6.45, 7) is 6.33. The molecule has 0 saturated carbocycles. The first-order valence-electron chi connectivity index (χ1n) is 9.12. The normalized spacial score (nSPS) is 16.4. The van der Waals surface area contributed by atoms with E-state index in [9.17, 15) is 19.2 Å². The molecule has 2 saturated heterocycles. The average molecular weight is 380 g/mol. The Hall–Kier alpha value is -3.28. The number of hydrogen-bond donors (Lipinski definition) is 0. The van der Waals surface area contributed by atoms with E-state index in [0.717, 1.165) is 9.80 Å². The van der Waals surface area contributed by atoms with Gasteiger partial charge in [-0.2, -0.15) is 0 Å². The summed E-state index contributed by atoms with van der Waals surface area (Å²) in [5.74, 6) is -3.00. The van der Waals surface area contributed by atoms with Crippen molar-refractivity contribution in [3.05, 3.63) is 66.2 Å². The van der Waals surface area contributed by atoms with Crippen LogP contribution in [0.1, 0.15) is 25.8 Å². The molecule has 0 N–H and O–H groups in total. The van der Waals surface area contributed by atoms with Crippen molar-refractivity contribution >= 4 is 29.3 Å². The van der Waals surface area contributed by atoms with E-state index >= 15 is 0 Å². The van der Waals surface area contributed by atoms with Crippen LogP contribution in [-0.2, 0) is 19.2 Å². The zero-order chi connectivity index (χ0) is 20.9. The number of β-lactam (4-membered cyclic amide) rings is 4. The van der Waals surface area contributed by atoms with Gasteiger partial charge in [-0.3, -0.25) is 24.1 Å². The van der Waals surface area contributed by atoms with Crippen LogP contribution < -0.4 is 4.90 Å². The molecule has 2 aliphatic heterocycles. The third kappa shape index (κ3) is 3.33. The lowest BCUT2D eigenvalue weighted by Gasteiger charge is -2.51. The molecular formula is C22H24N2O4. The molecule has 2 aliphatic rings. The summed E-state index contributed by atoms with van der Waals surface area (Å²) in [7, 11) is 1.25. The van der Waals surface area contributed by atoms with Crippen LogP contribution in [0.3, 0.4) is 0 Å². The number of aryl methyl sites for hydroxylation is 1. The summed E-state index contributed by atoms with van der Waals surface area (Å²) < 4.78 is 0. The maximum absolute atomic E-state index is 12.0. The molecule has 28 heavy (non-hydrogen) atoms. The lowest BCUT2D eigenvalue weighted by molar-refractivity contribution is -0.184. The summed E-state index contributed by atoms with van der Waals surface area (Å²) in [5.41, 5.74) is -0.388. The van der Waals surface area contributed by atoms with Crippen LogP contribution in [0.2, 0.25) is 0 Å². The third-order valence-corrected chi connectivity index (χ3v) is 4.25. The summed E-state index contributed by atoms with van der Waals surface area (Å²) in [4.78, 5) is 48.8. The number of imide groups is 2. The maximum Gasteiger partial charge on any atom is 0.285 e. The Morgan fingerprint density at radius 3 is 1.46 bits per heavy atom. The van der Waals surface area contributed by atoms with E-state index in [1.165, 1.54) is 19.0 Å². The number of carbonyl (C=O) groups is 4. The van der Waals surface area contributed by atoms with Crippen molar-refractivity contribution in [1.29, 1.82) is 0 Å². The first kappa shape index (κ1) is 21.0. The number of anilines is 1. The summed E-state index contributed by atoms with van der Waals surface area (Å²) >= 11 is 0. The van der Waals surface area contributed by atoms with Crippen molar-refractivity contribution in [3.8, 4) is 0 Å². The number of hydrogen-bond acceptors (Lipinski definition) is 4. The van der Waals surface area contributed by atoms with Gasteiger partial charge in [0.1, 0.15) is 0 Å². The second-order valence-electron chi connectivity index (χ2n) is 6.56. The van der Waals surface area contributed by atoms with Crippen molar-refractivity contribution in [2.45, 2.75) is 27.2 Å². The fraction of sp³-hybridized carbons (Fsp3) is 0.273. The lowest BCUT2D eigenvalue weighted by atomic mass is 9.69. The van der Waals surface area contributed by atoms with Gasteiger partial charge in [-0.15, -0.1) is 0 Å². The molecule has 6 nitrogen and oxygen atoms in total. The Balaban J connectivity index is 0.000000233. The third-order valence-electron chi connectivity index (χ3n) is 4.25. The number of benzene rings is 2. The van der Waals surface area contributed by atoms with Crippen molar-refractivity contribution in [1.82, 2.24) is 4.90 Å². The van der Waals surface area contributed by atoms with Gasteiger partial charge in [-0.1, -0.05) is 74.4 Å². The number of nitrogens with zero attached hydrogens (tertiary/aromatic N) is 2. The van der Waals surface area contributed by atoms with Crippen molar-refractivity contribution in [2.24, 2.45) is 5.41 Å². The number of carbonyl (C=O) groups excluding carboxylic acids is 4. The molecule has 146 valence electrons. The van der Waals surface area contributed by atoms with Gasteiger partial charge < -0.3 is 0 Å². The minimum atomic E-state index is -2.08. The molecule has 0 aliphatic carbocycles.